The minimum absolute atomic E-state index is 0.154. The zero-order valence-corrected chi connectivity index (χ0v) is 19.8. The van der Waals surface area contributed by atoms with Gasteiger partial charge in [-0.3, -0.25) is 4.79 Å². The Balaban J connectivity index is 1.81. The van der Waals surface area contributed by atoms with Gasteiger partial charge in [0.25, 0.3) is 5.56 Å². The molecule has 2 aromatic carbocycles. The minimum atomic E-state index is -0.154. The van der Waals surface area contributed by atoms with Crippen LogP contribution in [0.25, 0.3) is 16.6 Å². The van der Waals surface area contributed by atoms with Gasteiger partial charge in [0.1, 0.15) is 5.82 Å². The molecule has 31 heavy (non-hydrogen) atoms. The monoisotopic (exact) mass is 476 g/mol. The van der Waals surface area contributed by atoms with E-state index in [1.54, 1.807) is 12.3 Å². The summed E-state index contributed by atoms with van der Waals surface area (Å²) in [7, 11) is 0. The molecule has 0 unspecified atom stereocenters. The lowest BCUT2D eigenvalue weighted by atomic mass is 10.2. The van der Waals surface area contributed by atoms with Crippen LogP contribution in [-0.2, 0) is 6.42 Å². The molecule has 2 aromatic heterocycles. The second-order valence-corrected chi connectivity index (χ2v) is 8.71. The number of benzene rings is 2. The van der Waals surface area contributed by atoms with Gasteiger partial charge in [-0.2, -0.15) is 9.78 Å². The predicted molar refractivity (Wildman–Crippen MR) is 131 cm³/mol. The van der Waals surface area contributed by atoms with Crippen LogP contribution in [0.4, 0.5) is 0 Å². The molecule has 0 aliphatic carbocycles. The van der Waals surface area contributed by atoms with Gasteiger partial charge in [-0.25, -0.2) is 4.98 Å². The van der Waals surface area contributed by atoms with E-state index in [0.717, 1.165) is 33.5 Å². The SMILES string of the molecule is CCCc1nc2ccc(Br)cc2c(=O)n1N=Cc1cc(C)n(-c2ccc(C)cc2)c1C. The topological polar surface area (TPSA) is 52.2 Å². The van der Waals surface area contributed by atoms with E-state index in [1.165, 1.54) is 10.2 Å². The molecule has 0 aliphatic heterocycles. The van der Waals surface area contributed by atoms with Crippen LogP contribution >= 0.6 is 15.9 Å². The van der Waals surface area contributed by atoms with Crippen molar-refractivity contribution in [3.63, 3.8) is 0 Å². The fourth-order valence-electron chi connectivity index (χ4n) is 3.83. The van der Waals surface area contributed by atoms with Gasteiger partial charge in [0.15, 0.2) is 0 Å². The Hall–Kier alpha value is -2.99. The highest BCUT2D eigenvalue weighted by molar-refractivity contribution is 9.10. The first-order valence-corrected chi connectivity index (χ1v) is 11.2. The molecule has 2 heterocycles. The average Bonchev–Trinajstić information content (AvgIpc) is 3.02. The van der Waals surface area contributed by atoms with Crippen LogP contribution in [0.1, 0.15) is 41.7 Å². The molecule has 0 saturated heterocycles. The second-order valence-electron chi connectivity index (χ2n) is 7.80. The summed E-state index contributed by atoms with van der Waals surface area (Å²) in [5, 5.41) is 5.14. The minimum Gasteiger partial charge on any atom is -0.318 e. The van der Waals surface area contributed by atoms with E-state index in [2.05, 4.69) is 83.6 Å². The normalized spacial score (nSPS) is 11.6. The number of fused-ring (bicyclic) bond motifs is 1. The summed E-state index contributed by atoms with van der Waals surface area (Å²) in [6.07, 6.45) is 3.33. The van der Waals surface area contributed by atoms with Crippen LogP contribution in [-0.4, -0.2) is 20.4 Å². The van der Waals surface area contributed by atoms with Crippen LogP contribution in [0, 0.1) is 20.8 Å². The first kappa shape index (κ1) is 21.2. The molecule has 0 bridgehead atoms. The molecule has 0 fully saturated rings. The average molecular weight is 477 g/mol. The number of halogens is 1. The molecular formula is C25H25BrN4O. The Morgan fingerprint density at radius 3 is 2.52 bits per heavy atom. The molecule has 158 valence electrons. The molecule has 0 spiro atoms. The fraction of sp³-hybridized carbons (Fsp3) is 0.240. The van der Waals surface area contributed by atoms with E-state index >= 15 is 0 Å². The fourth-order valence-corrected chi connectivity index (χ4v) is 4.19. The Morgan fingerprint density at radius 2 is 1.81 bits per heavy atom. The van der Waals surface area contributed by atoms with Crippen molar-refractivity contribution in [3.8, 4) is 5.69 Å². The predicted octanol–water partition coefficient (Wildman–Crippen LogP) is 5.71. The third-order valence-electron chi connectivity index (χ3n) is 5.42. The molecule has 0 amide bonds. The van der Waals surface area contributed by atoms with Gasteiger partial charge in [-0.15, -0.1) is 0 Å². The molecule has 0 aliphatic rings. The van der Waals surface area contributed by atoms with Gasteiger partial charge in [0.05, 0.1) is 17.1 Å². The second kappa shape index (κ2) is 8.63. The molecule has 0 N–H and O–H groups in total. The number of aromatic nitrogens is 3. The largest absolute Gasteiger partial charge is 0.318 e. The molecule has 4 rings (SSSR count). The summed E-state index contributed by atoms with van der Waals surface area (Å²) in [5.41, 5.74) is 6.05. The first-order valence-electron chi connectivity index (χ1n) is 10.4. The van der Waals surface area contributed by atoms with Crippen molar-refractivity contribution < 1.29 is 0 Å². The highest BCUT2D eigenvalue weighted by atomic mass is 79.9. The summed E-state index contributed by atoms with van der Waals surface area (Å²) in [6.45, 7) is 8.30. The van der Waals surface area contributed by atoms with Crippen molar-refractivity contribution in [2.24, 2.45) is 5.10 Å². The maximum Gasteiger partial charge on any atom is 0.282 e. The van der Waals surface area contributed by atoms with Crippen molar-refractivity contribution in [2.45, 2.75) is 40.5 Å². The summed E-state index contributed by atoms with van der Waals surface area (Å²) in [5.74, 6) is 0.672. The van der Waals surface area contributed by atoms with Crippen LogP contribution in [0.15, 0.2) is 62.9 Å². The zero-order valence-electron chi connectivity index (χ0n) is 18.2. The van der Waals surface area contributed by atoms with Crippen molar-refractivity contribution in [1.82, 2.24) is 14.2 Å². The van der Waals surface area contributed by atoms with E-state index < -0.39 is 0 Å². The van der Waals surface area contributed by atoms with Crippen molar-refractivity contribution >= 4 is 33.0 Å². The molecule has 6 heteroatoms. The number of nitrogens with zero attached hydrogens (tertiary/aromatic N) is 4. The van der Waals surface area contributed by atoms with Gasteiger partial charge in [-0.1, -0.05) is 40.5 Å². The number of aryl methyl sites for hydroxylation is 3. The van der Waals surface area contributed by atoms with Crippen LogP contribution < -0.4 is 5.56 Å². The van der Waals surface area contributed by atoms with Crippen molar-refractivity contribution in [1.29, 1.82) is 0 Å². The van der Waals surface area contributed by atoms with Gasteiger partial charge < -0.3 is 4.57 Å². The Kier molecular flexibility index (Phi) is 5.92. The standard InChI is InChI=1S/C25H25BrN4O/c1-5-6-24-28-23-12-9-20(26)14-22(23)25(31)30(24)27-15-19-13-17(3)29(18(19)4)21-10-7-16(2)8-11-21/h7-15H,5-6H2,1-4H3. The van der Waals surface area contributed by atoms with Crippen molar-refractivity contribution in [2.75, 3.05) is 0 Å². The lowest BCUT2D eigenvalue weighted by Gasteiger charge is -2.10. The smallest absolute Gasteiger partial charge is 0.282 e. The summed E-state index contributed by atoms with van der Waals surface area (Å²) in [4.78, 5) is 17.9. The summed E-state index contributed by atoms with van der Waals surface area (Å²) >= 11 is 3.45. The van der Waals surface area contributed by atoms with Crippen LogP contribution in [0.5, 0.6) is 0 Å². The maximum absolute atomic E-state index is 13.2. The number of rotatable bonds is 5. The summed E-state index contributed by atoms with van der Waals surface area (Å²) < 4.78 is 4.49. The van der Waals surface area contributed by atoms with E-state index in [1.807, 2.05) is 12.1 Å². The Labute approximate surface area is 190 Å². The number of hydrogen-bond donors (Lipinski definition) is 0. The lowest BCUT2D eigenvalue weighted by Crippen LogP contribution is -2.22. The zero-order chi connectivity index (χ0) is 22.1. The molecule has 5 nitrogen and oxygen atoms in total. The third-order valence-corrected chi connectivity index (χ3v) is 5.92. The molecular weight excluding hydrogens is 452 g/mol. The van der Waals surface area contributed by atoms with Gasteiger partial charge in [-0.05, 0) is 63.6 Å². The Morgan fingerprint density at radius 1 is 1.06 bits per heavy atom. The van der Waals surface area contributed by atoms with Crippen molar-refractivity contribution in [3.05, 3.63) is 91.7 Å². The van der Waals surface area contributed by atoms with Crippen LogP contribution in [0.2, 0.25) is 0 Å². The molecule has 0 saturated carbocycles. The molecule has 0 atom stereocenters. The first-order chi connectivity index (χ1) is 14.9. The highest BCUT2D eigenvalue weighted by Gasteiger charge is 2.12. The van der Waals surface area contributed by atoms with Gasteiger partial charge in [0, 0.05) is 33.5 Å². The highest BCUT2D eigenvalue weighted by Crippen LogP contribution is 2.21. The summed E-state index contributed by atoms with van der Waals surface area (Å²) in [6, 6.07) is 16.1. The van der Waals surface area contributed by atoms with E-state index in [4.69, 9.17) is 4.98 Å². The van der Waals surface area contributed by atoms with Gasteiger partial charge >= 0.3 is 0 Å². The molecule has 0 radical (unpaired) electrons. The molecule has 4 aromatic rings. The van der Waals surface area contributed by atoms with Gasteiger partial charge in [0.2, 0.25) is 0 Å². The van der Waals surface area contributed by atoms with Crippen LogP contribution in [0.3, 0.4) is 0 Å². The lowest BCUT2D eigenvalue weighted by molar-refractivity contribution is 0.703. The Bertz CT molecular complexity index is 1350. The quantitative estimate of drug-likeness (QED) is 0.346. The number of hydrogen-bond acceptors (Lipinski definition) is 3. The van der Waals surface area contributed by atoms with E-state index in [0.29, 0.717) is 23.1 Å². The van der Waals surface area contributed by atoms with E-state index in [9.17, 15) is 4.79 Å². The van der Waals surface area contributed by atoms with E-state index in [-0.39, 0.29) is 5.56 Å². The third kappa shape index (κ3) is 4.12. The maximum atomic E-state index is 13.2.